The van der Waals surface area contributed by atoms with Crippen LogP contribution in [0.3, 0.4) is 0 Å². The van der Waals surface area contributed by atoms with Crippen molar-refractivity contribution in [3.8, 4) is 0 Å². The predicted molar refractivity (Wildman–Crippen MR) is 49.4 cm³/mol. The normalized spacial score (nSPS) is 10.7. The van der Waals surface area contributed by atoms with Crippen molar-refractivity contribution in [3.05, 3.63) is 15.3 Å². The molecule has 0 amide bonds. The Morgan fingerprint density at radius 3 is 3.00 bits per heavy atom. The molecule has 2 heterocycles. The van der Waals surface area contributed by atoms with E-state index in [0.29, 0.717) is 16.3 Å². The van der Waals surface area contributed by atoms with Gasteiger partial charge in [0.1, 0.15) is 11.8 Å². The van der Waals surface area contributed by atoms with Gasteiger partial charge in [0.2, 0.25) is 0 Å². The second-order valence-electron chi connectivity index (χ2n) is 1.89. The van der Waals surface area contributed by atoms with Gasteiger partial charge in [0.15, 0.2) is 14.6 Å². The highest BCUT2D eigenvalue weighted by Gasteiger charge is 2.04. The van der Waals surface area contributed by atoms with E-state index >= 15 is 0 Å². The summed E-state index contributed by atoms with van der Waals surface area (Å²) in [6, 6.07) is 0. The van der Waals surface area contributed by atoms with Gasteiger partial charge in [0.25, 0.3) is 0 Å². The standard InChI is InChI=1S/C5H2ClIN4/c6-3-2-4(9-1-8-3)11-5(7)10-2/h1H,(H,8,9,10,11). The van der Waals surface area contributed by atoms with Crippen molar-refractivity contribution in [3.63, 3.8) is 0 Å². The summed E-state index contributed by atoms with van der Waals surface area (Å²) in [6.45, 7) is 0. The van der Waals surface area contributed by atoms with E-state index in [1.54, 1.807) is 0 Å². The fourth-order valence-electron chi connectivity index (χ4n) is 0.772. The van der Waals surface area contributed by atoms with E-state index in [1.807, 2.05) is 0 Å². The fourth-order valence-corrected chi connectivity index (χ4v) is 1.45. The van der Waals surface area contributed by atoms with E-state index in [4.69, 9.17) is 11.6 Å². The van der Waals surface area contributed by atoms with Crippen LogP contribution >= 0.6 is 34.2 Å². The third-order valence-electron chi connectivity index (χ3n) is 1.21. The Labute approximate surface area is 80.5 Å². The van der Waals surface area contributed by atoms with Gasteiger partial charge in [-0.25, -0.2) is 15.0 Å². The zero-order valence-corrected chi connectivity index (χ0v) is 8.09. The van der Waals surface area contributed by atoms with Gasteiger partial charge < -0.3 is 4.98 Å². The van der Waals surface area contributed by atoms with Crippen molar-refractivity contribution in [1.82, 2.24) is 19.9 Å². The van der Waals surface area contributed by atoms with Gasteiger partial charge >= 0.3 is 0 Å². The first-order chi connectivity index (χ1) is 5.27. The molecule has 0 radical (unpaired) electrons. The molecule has 11 heavy (non-hydrogen) atoms. The van der Waals surface area contributed by atoms with E-state index in [2.05, 4.69) is 42.5 Å². The van der Waals surface area contributed by atoms with Crippen LogP contribution in [0, 0.1) is 3.83 Å². The largest absolute Gasteiger partial charge is 0.329 e. The fraction of sp³-hybridized carbons (Fsp3) is 0. The van der Waals surface area contributed by atoms with Crippen molar-refractivity contribution in [2.75, 3.05) is 0 Å². The second-order valence-corrected chi connectivity index (χ2v) is 3.27. The Morgan fingerprint density at radius 1 is 1.45 bits per heavy atom. The zero-order chi connectivity index (χ0) is 7.84. The first-order valence-corrected chi connectivity index (χ1v) is 4.25. The summed E-state index contributed by atoms with van der Waals surface area (Å²) in [5.74, 6) is 0. The lowest BCUT2D eigenvalue weighted by Crippen LogP contribution is -1.80. The molecule has 1 N–H and O–H groups in total. The lowest BCUT2D eigenvalue weighted by atomic mass is 10.6. The molecule has 0 saturated heterocycles. The Balaban J connectivity index is 2.90. The molecule has 4 nitrogen and oxygen atoms in total. The van der Waals surface area contributed by atoms with Gasteiger partial charge in [-0.2, -0.15) is 0 Å². The average molecular weight is 280 g/mol. The van der Waals surface area contributed by atoms with Crippen molar-refractivity contribution in [2.24, 2.45) is 0 Å². The van der Waals surface area contributed by atoms with Gasteiger partial charge in [-0.15, -0.1) is 0 Å². The molecule has 2 aromatic heterocycles. The van der Waals surface area contributed by atoms with E-state index in [9.17, 15) is 0 Å². The number of halogens is 2. The average Bonchev–Trinajstić information content (AvgIpc) is 2.31. The highest BCUT2D eigenvalue weighted by molar-refractivity contribution is 14.1. The van der Waals surface area contributed by atoms with Gasteiger partial charge in [-0.05, 0) is 22.6 Å². The minimum atomic E-state index is 0.408. The third kappa shape index (κ3) is 1.18. The molecular weight excluding hydrogens is 278 g/mol. The highest BCUT2D eigenvalue weighted by atomic mass is 127. The van der Waals surface area contributed by atoms with E-state index < -0.39 is 0 Å². The molecule has 0 spiro atoms. The summed E-state index contributed by atoms with van der Waals surface area (Å²) in [5, 5.41) is 0.408. The topological polar surface area (TPSA) is 54.5 Å². The van der Waals surface area contributed by atoms with Crippen LogP contribution in [0.15, 0.2) is 6.33 Å². The lowest BCUT2D eigenvalue weighted by Gasteiger charge is -1.86. The molecule has 0 unspecified atom stereocenters. The molecule has 0 aromatic carbocycles. The molecule has 0 bridgehead atoms. The summed E-state index contributed by atoms with van der Waals surface area (Å²) < 4.78 is 0.764. The molecule has 0 fully saturated rings. The Kier molecular flexibility index (Phi) is 1.68. The second kappa shape index (κ2) is 2.56. The molecule has 0 aliphatic carbocycles. The van der Waals surface area contributed by atoms with Crippen LogP contribution in [0.25, 0.3) is 11.2 Å². The van der Waals surface area contributed by atoms with Crippen molar-refractivity contribution < 1.29 is 0 Å². The maximum atomic E-state index is 5.74. The number of H-pyrrole nitrogens is 1. The number of rotatable bonds is 0. The number of nitrogens with zero attached hydrogens (tertiary/aromatic N) is 3. The van der Waals surface area contributed by atoms with Crippen LogP contribution in [0.4, 0.5) is 0 Å². The molecule has 0 saturated carbocycles. The number of aromatic amines is 1. The molecule has 6 heteroatoms. The monoisotopic (exact) mass is 280 g/mol. The highest BCUT2D eigenvalue weighted by Crippen LogP contribution is 2.16. The quantitative estimate of drug-likeness (QED) is 0.453. The maximum Gasteiger partial charge on any atom is 0.183 e. The summed E-state index contributed by atoms with van der Waals surface area (Å²) in [7, 11) is 0. The van der Waals surface area contributed by atoms with Crippen LogP contribution in [0.1, 0.15) is 0 Å². The maximum absolute atomic E-state index is 5.74. The molecule has 2 aromatic rings. The number of nitrogens with one attached hydrogen (secondary N) is 1. The number of hydrogen-bond acceptors (Lipinski definition) is 3. The van der Waals surface area contributed by atoms with Crippen molar-refractivity contribution >= 4 is 45.4 Å². The SMILES string of the molecule is Clc1ncnc2nc(I)[nH]c12. The van der Waals surface area contributed by atoms with Gasteiger partial charge in [-0.1, -0.05) is 11.6 Å². The molecule has 0 atom stereocenters. The predicted octanol–water partition coefficient (Wildman–Crippen LogP) is 1.61. The van der Waals surface area contributed by atoms with E-state index in [-0.39, 0.29) is 0 Å². The van der Waals surface area contributed by atoms with Crippen molar-refractivity contribution in [2.45, 2.75) is 0 Å². The van der Waals surface area contributed by atoms with Crippen LogP contribution in [-0.4, -0.2) is 19.9 Å². The van der Waals surface area contributed by atoms with E-state index in [0.717, 1.165) is 3.83 Å². The molecule has 0 aliphatic heterocycles. The van der Waals surface area contributed by atoms with Gasteiger partial charge in [-0.3, -0.25) is 0 Å². The first-order valence-electron chi connectivity index (χ1n) is 2.79. The van der Waals surface area contributed by atoms with Gasteiger partial charge in [0, 0.05) is 0 Å². The van der Waals surface area contributed by atoms with Crippen LogP contribution in [-0.2, 0) is 0 Å². The number of hydrogen-bond donors (Lipinski definition) is 1. The Hall–Kier alpha value is -0.430. The van der Waals surface area contributed by atoms with E-state index in [1.165, 1.54) is 6.33 Å². The van der Waals surface area contributed by atoms with Gasteiger partial charge in [0.05, 0.1) is 0 Å². The molecule has 0 aliphatic rings. The smallest absolute Gasteiger partial charge is 0.183 e. The zero-order valence-electron chi connectivity index (χ0n) is 5.17. The van der Waals surface area contributed by atoms with Crippen molar-refractivity contribution in [1.29, 1.82) is 0 Å². The minimum absolute atomic E-state index is 0.408. The summed E-state index contributed by atoms with van der Waals surface area (Å²) in [4.78, 5) is 14.7. The van der Waals surface area contributed by atoms with Crippen LogP contribution < -0.4 is 0 Å². The molecule has 56 valence electrons. The minimum Gasteiger partial charge on any atom is -0.329 e. The summed E-state index contributed by atoms with van der Waals surface area (Å²) in [5.41, 5.74) is 1.30. The van der Waals surface area contributed by atoms with Crippen LogP contribution in [0.5, 0.6) is 0 Å². The number of aromatic nitrogens is 4. The molecule has 2 rings (SSSR count). The van der Waals surface area contributed by atoms with Crippen LogP contribution in [0.2, 0.25) is 5.15 Å². The summed E-state index contributed by atoms with van der Waals surface area (Å²) >= 11 is 7.80. The number of imidazole rings is 1. The Bertz CT molecular complexity index is 398. The summed E-state index contributed by atoms with van der Waals surface area (Å²) in [6.07, 6.45) is 1.39. The lowest BCUT2D eigenvalue weighted by molar-refractivity contribution is 1.19. The number of fused-ring (bicyclic) bond motifs is 1. The first kappa shape index (κ1) is 7.23. The molecular formula is C5H2ClIN4. The Morgan fingerprint density at radius 2 is 2.27 bits per heavy atom. The third-order valence-corrected chi connectivity index (χ3v) is 2.01.